The van der Waals surface area contributed by atoms with Gasteiger partial charge in [-0.1, -0.05) is 48.5 Å². The predicted octanol–water partition coefficient (Wildman–Crippen LogP) is 2.65. The van der Waals surface area contributed by atoms with Gasteiger partial charge in [-0.25, -0.2) is 0 Å². The minimum Gasteiger partial charge on any atom is -0.399 e. The van der Waals surface area contributed by atoms with Gasteiger partial charge in [-0.05, 0) is 91.5 Å². The second kappa shape index (κ2) is 17.8. The van der Waals surface area contributed by atoms with E-state index in [4.69, 9.17) is 18.6 Å². The summed E-state index contributed by atoms with van der Waals surface area (Å²) in [4.78, 5) is 10.1. The van der Waals surface area contributed by atoms with Crippen LogP contribution < -0.4 is 21.6 Å². The molecule has 0 saturated carbocycles. The van der Waals surface area contributed by atoms with Crippen LogP contribution in [-0.2, 0) is 31.7 Å². The monoisotopic (exact) mass is 719 g/mol. The summed E-state index contributed by atoms with van der Waals surface area (Å²) in [6.07, 6.45) is 0. The van der Waals surface area contributed by atoms with Crippen LogP contribution in [0.15, 0.2) is 48.5 Å². The van der Waals surface area contributed by atoms with E-state index in [1.54, 1.807) is 0 Å². The molecular formula is C40H68B2N6O4. The molecule has 3 fully saturated rings. The largest absolute Gasteiger partial charge is 0.494 e. The molecule has 2 N–H and O–H groups in total. The van der Waals surface area contributed by atoms with Gasteiger partial charge in [-0.15, -0.1) is 0 Å². The molecule has 2 aromatic carbocycles. The third kappa shape index (κ3) is 11.1. The normalized spacial score (nSPS) is 24.9. The fourth-order valence-corrected chi connectivity index (χ4v) is 6.80. The predicted molar refractivity (Wildman–Crippen MR) is 216 cm³/mol. The lowest BCUT2D eigenvalue weighted by Crippen LogP contribution is -2.42. The molecule has 0 aliphatic carbocycles. The van der Waals surface area contributed by atoms with Gasteiger partial charge in [0.2, 0.25) is 0 Å². The first-order valence-electron chi connectivity index (χ1n) is 19.7. The first kappa shape index (κ1) is 41.3. The van der Waals surface area contributed by atoms with Crippen LogP contribution in [0.3, 0.4) is 0 Å². The van der Waals surface area contributed by atoms with Gasteiger partial charge in [0.1, 0.15) is 0 Å². The Morgan fingerprint density at radius 2 is 0.846 bits per heavy atom. The summed E-state index contributed by atoms with van der Waals surface area (Å²) < 4.78 is 25.4. The molecule has 3 saturated heterocycles. The Balaban J connectivity index is 1.14. The lowest BCUT2D eigenvalue weighted by molar-refractivity contribution is 0.00578. The Hall–Kier alpha value is -1.83. The molecular weight excluding hydrogens is 650 g/mol. The molecule has 5 rings (SSSR count). The highest BCUT2D eigenvalue weighted by Gasteiger charge is 2.52. The van der Waals surface area contributed by atoms with E-state index in [0.29, 0.717) is 0 Å². The van der Waals surface area contributed by atoms with Crippen LogP contribution in [0.4, 0.5) is 0 Å². The molecule has 288 valence electrons. The van der Waals surface area contributed by atoms with Gasteiger partial charge in [0.05, 0.1) is 22.4 Å². The third-order valence-electron chi connectivity index (χ3n) is 11.9. The highest BCUT2D eigenvalue weighted by Crippen LogP contribution is 2.37. The second-order valence-electron chi connectivity index (χ2n) is 17.3. The zero-order valence-corrected chi connectivity index (χ0v) is 34.1. The number of benzene rings is 2. The molecule has 52 heavy (non-hydrogen) atoms. The molecule has 0 atom stereocenters. The Morgan fingerprint density at radius 3 is 1.21 bits per heavy atom. The van der Waals surface area contributed by atoms with E-state index in [0.717, 1.165) is 103 Å². The quantitative estimate of drug-likeness (QED) is 0.436. The van der Waals surface area contributed by atoms with Crippen molar-refractivity contribution in [3.8, 4) is 0 Å². The molecule has 3 heterocycles. The first-order chi connectivity index (χ1) is 24.5. The summed E-state index contributed by atoms with van der Waals surface area (Å²) in [6, 6.07) is 17.5. The third-order valence-corrected chi connectivity index (χ3v) is 11.9. The Bertz CT molecular complexity index is 1290. The highest BCUT2D eigenvalue weighted by atomic mass is 16.7. The van der Waals surface area contributed by atoms with Crippen LogP contribution in [0.2, 0.25) is 0 Å². The molecule has 3 aliphatic heterocycles. The van der Waals surface area contributed by atoms with Gasteiger partial charge >= 0.3 is 14.2 Å². The molecule has 0 aromatic heterocycles. The summed E-state index contributed by atoms with van der Waals surface area (Å²) >= 11 is 0. The summed E-state index contributed by atoms with van der Waals surface area (Å²) in [7, 11) is 3.80. The van der Waals surface area contributed by atoms with E-state index < -0.39 is 0 Å². The van der Waals surface area contributed by atoms with E-state index in [9.17, 15) is 0 Å². The van der Waals surface area contributed by atoms with Crippen molar-refractivity contribution in [2.75, 3.05) is 92.6 Å². The smallest absolute Gasteiger partial charge is 0.399 e. The molecule has 3 aliphatic rings. The molecule has 10 nitrogen and oxygen atoms in total. The number of nitrogens with zero attached hydrogens (tertiary/aromatic N) is 4. The van der Waals surface area contributed by atoms with Crippen molar-refractivity contribution in [2.24, 2.45) is 0 Å². The van der Waals surface area contributed by atoms with Gasteiger partial charge in [0.25, 0.3) is 0 Å². The lowest BCUT2D eigenvalue weighted by atomic mass is 9.78. The van der Waals surface area contributed by atoms with Crippen molar-refractivity contribution in [3.05, 3.63) is 59.7 Å². The zero-order valence-electron chi connectivity index (χ0n) is 34.1. The summed E-state index contributed by atoms with van der Waals surface area (Å²) in [5, 5.41) is 7.46. The maximum Gasteiger partial charge on any atom is 0.494 e. The first-order valence-corrected chi connectivity index (χ1v) is 19.7. The van der Waals surface area contributed by atoms with Crippen molar-refractivity contribution in [2.45, 2.75) is 90.9 Å². The van der Waals surface area contributed by atoms with Crippen molar-refractivity contribution >= 4 is 25.2 Å². The number of hydrogen-bond donors (Lipinski definition) is 2. The van der Waals surface area contributed by atoms with Crippen LogP contribution >= 0.6 is 0 Å². The van der Waals surface area contributed by atoms with E-state index in [1.807, 2.05) is 0 Å². The average Bonchev–Trinajstić information content (AvgIpc) is 3.44. The minimum absolute atomic E-state index is 0.340. The molecule has 12 heteroatoms. The Labute approximate surface area is 316 Å². The van der Waals surface area contributed by atoms with Crippen LogP contribution in [0, 0.1) is 0 Å². The average molecular weight is 719 g/mol. The number of nitrogens with one attached hydrogen (secondary N) is 2. The van der Waals surface area contributed by atoms with Crippen molar-refractivity contribution in [1.82, 2.24) is 30.2 Å². The van der Waals surface area contributed by atoms with Crippen molar-refractivity contribution in [1.29, 1.82) is 0 Å². The molecule has 0 spiro atoms. The Morgan fingerprint density at radius 1 is 0.500 bits per heavy atom. The summed E-state index contributed by atoms with van der Waals surface area (Å²) in [5.41, 5.74) is 3.39. The van der Waals surface area contributed by atoms with Crippen LogP contribution in [-0.4, -0.2) is 149 Å². The fourth-order valence-electron chi connectivity index (χ4n) is 6.80. The van der Waals surface area contributed by atoms with E-state index in [-0.39, 0.29) is 36.6 Å². The van der Waals surface area contributed by atoms with Gasteiger partial charge in [0, 0.05) is 91.6 Å². The molecule has 0 unspecified atom stereocenters. The van der Waals surface area contributed by atoms with E-state index >= 15 is 0 Å². The van der Waals surface area contributed by atoms with Crippen molar-refractivity contribution < 1.29 is 18.6 Å². The summed E-state index contributed by atoms with van der Waals surface area (Å²) in [5.74, 6) is 0. The fraction of sp³-hybridized carbons (Fsp3) is 0.700. The van der Waals surface area contributed by atoms with Crippen LogP contribution in [0.5, 0.6) is 0 Å². The van der Waals surface area contributed by atoms with Gasteiger partial charge in [-0.3, -0.25) is 9.80 Å². The maximum absolute atomic E-state index is 6.36. The Kier molecular flexibility index (Phi) is 14.1. The molecule has 0 radical (unpaired) electrons. The molecule has 0 amide bonds. The van der Waals surface area contributed by atoms with Crippen LogP contribution in [0.25, 0.3) is 0 Å². The van der Waals surface area contributed by atoms with E-state index in [1.165, 1.54) is 11.1 Å². The second-order valence-corrected chi connectivity index (χ2v) is 17.3. The van der Waals surface area contributed by atoms with Gasteiger partial charge < -0.3 is 39.1 Å². The van der Waals surface area contributed by atoms with Gasteiger partial charge in [0.15, 0.2) is 0 Å². The maximum atomic E-state index is 6.36. The summed E-state index contributed by atoms with van der Waals surface area (Å²) in [6.45, 7) is 30.6. The number of rotatable bonds is 6. The lowest BCUT2D eigenvalue weighted by Gasteiger charge is -2.32. The van der Waals surface area contributed by atoms with Crippen molar-refractivity contribution in [3.63, 3.8) is 0 Å². The number of hydrogen-bond acceptors (Lipinski definition) is 10. The van der Waals surface area contributed by atoms with E-state index in [2.05, 4.69) is 148 Å². The molecule has 2 aromatic rings. The van der Waals surface area contributed by atoms with Gasteiger partial charge in [-0.2, -0.15) is 0 Å². The SMILES string of the molecule is CN1CCNCCN(Cc2cccc(B3OC(C)(C)C(C)(C)O3)c2)CCN(C)CCNCCN(Cc2cccc(B3OC(C)(C)C(C)(C)O3)c2)CC1. The molecule has 0 bridgehead atoms. The van der Waals surface area contributed by atoms with Crippen LogP contribution in [0.1, 0.15) is 66.5 Å². The topological polar surface area (TPSA) is 73.9 Å². The minimum atomic E-state index is -0.347. The standard InChI is InChI=1S/C40H68B2N6O4/c1-37(2)38(3,4)50-41(49-37)35-15-11-13-33(29-35)31-47-23-19-43-17-22-46(10)26-28-48(24-20-44-18-21-45(9)25-27-47)32-34-14-12-16-36(30-34)42-51-39(5,6)40(7,8)52-42/h11-16,29-30,43-44H,17-28,31-32H2,1-10H3. The highest BCUT2D eigenvalue weighted by molar-refractivity contribution is 6.62. The number of likely N-dealkylation sites (N-methyl/N-ethyl adjacent to an activating group) is 2. The zero-order chi connectivity index (χ0) is 37.6.